The van der Waals surface area contributed by atoms with Crippen molar-refractivity contribution in [2.45, 2.75) is 63.6 Å². The van der Waals surface area contributed by atoms with Crippen molar-refractivity contribution in [1.29, 1.82) is 0 Å². The zero-order chi connectivity index (χ0) is 13.3. The minimum atomic E-state index is -0.842. The standard InChI is InChI=1S/C13H22N2O3/c1-13(2)7-8-14-10(5-6-11(16)17)12(18)15(13)9-3-4-9/h9-10,14H,3-8H2,1-2H3,(H,16,17). The first-order valence-corrected chi connectivity index (χ1v) is 6.70. The van der Waals surface area contributed by atoms with Gasteiger partial charge in [0.25, 0.3) is 0 Å². The number of rotatable bonds is 4. The largest absolute Gasteiger partial charge is 0.481 e. The molecule has 5 heteroatoms. The normalized spacial score (nSPS) is 28.0. The Hall–Kier alpha value is -1.10. The minimum absolute atomic E-state index is 0.0440. The molecule has 1 heterocycles. The van der Waals surface area contributed by atoms with Crippen molar-refractivity contribution in [3.05, 3.63) is 0 Å². The van der Waals surface area contributed by atoms with Crippen LogP contribution in [0.1, 0.15) is 46.0 Å². The molecule has 1 amide bonds. The van der Waals surface area contributed by atoms with Crippen LogP contribution in [0, 0.1) is 0 Å². The van der Waals surface area contributed by atoms with E-state index in [0.717, 1.165) is 25.8 Å². The molecule has 0 aromatic rings. The van der Waals surface area contributed by atoms with Gasteiger partial charge in [-0.25, -0.2) is 0 Å². The summed E-state index contributed by atoms with van der Waals surface area (Å²) in [5.74, 6) is -0.757. The first-order chi connectivity index (χ1) is 8.42. The van der Waals surface area contributed by atoms with Crippen LogP contribution in [0.25, 0.3) is 0 Å². The fourth-order valence-electron chi connectivity index (χ4n) is 2.73. The number of aliphatic carboxylic acids is 1. The van der Waals surface area contributed by atoms with E-state index in [2.05, 4.69) is 19.2 Å². The van der Waals surface area contributed by atoms with Crippen molar-refractivity contribution in [3.8, 4) is 0 Å². The zero-order valence-corrected chi connectivity index (χ0v) is 11.1. The van der Waals surface area contributed by atoms with E-state index in [1.165, 1.54) is 0 Å². The van der Waals surface area contributed by atoms with Crippen LogP contribution in [0.15, 0.2) is 0 Å². The molecule has 1 unspecified atom stereocenters. The third-order valence-electron chi connectivity index (χ3n) is 3.87. The topological polar surface area (TPSA) is 69.6 Å². The lowest BCUT2D eigenvalue weighted by molar-refractivity contribution is -0.139. The number of carbonyl (C=O) groups is 2. The molecule has 2 fully saturated rings. The van der Waals surface area contributed by atoms with Crippen molar-refractivity contribution < 1.29 is 14.7 Å². The average molecular weight is 254 g/mol. The van der Waals surface area contributed by atoms with Crippen molar-refractivity contribution in [3.63, 3.8) is 0 Å². The quantitative estimate of drug-likeness (QED) is 0.784. The van der Waals surface area contributed by atoms with Crippen LogP contribution in [0.3, 0.4) is 0 Å². The van der Waals surface area contributed by atoms with Gasteiger partial charge in [0.1, 0.15) is 0 Å². The Morgan fingerprint density at radius 3 is 2.72 bits per heavy atom. The molecule has 18 heavy (non-hydrogen) atoms. The highest BCUT2D eigenvalue weighted by atomic mass is 16.4. The summed E-state index contributed by atoms with van der Waals surface area (Å²) in [6, 6.07) is 0.0446. The SMILES string of the molecule is CC1(C)CCNC(CCC(=O)O)C(=O)N1C1CC1. The molecule has 0 aromatic carbocycles. The molecule has 0 radical (unpaired) electrons. The second-order valence-electron chi connectivity index (χ2n) is 5.94. The molecule has 2 aliphatic rings. The number of nitrogens with one attached hydrogen (secondary N) is 1. The second kappa shape index (κ2) is 4.88. The molecule has 1 saturated carbocycles. The number of carboxylic acids is 1. The smallest absolute Gasteiger partial charge is 0.303 e. The van der Waals surface area contributed by atoms with Gasteiger partial charge in [0.2, 0.25) is 5.91 Å². The number of carboxylic acid groups (broad SMARTS) is 1. The number of hydrogen-bond acceptors (Lipinski definition) is 3. The van der Waals surface area contributed by atoms with Crippen LogP contribution < -0.4 is 5.32 Å². The summed E-state index contributed by atoms with van der Waals surface area (Å²) < 4.78 is 0. The van der Waals surface area contributed by atoms with Crippen LogP contribution in [0.4, 0.5) is 0 Å². The number of amides is 1. The van der Waals surface area contributed by atoms with Crippen molar-refractivity contribution in [2.24, 2.45) is 0 Å². The Morgan fingerprint density at radius 2 is 2.17 bits per heavy atom. The van der Waals surface area contributed by atoms with E-state index in [-0.39, 0.29) is 23.9 Å². The third kappa shape index (κ3) is 2.83. The van der Waals surface area contributed by atoms with Gasteiger partial charge in [0.05, 0.1) is 6.04 Å². The van der Waals surface area contributed by atoms with Crippen LogP contribution >= 0.6 is 0 Å². The third-order valence-corrected chi connectivity index (χ3v) is 3.87. The molecule has 0 aromatic heterocycles. The highest BCUT2D eigenvalue weighted by Crippen LogP contribution is 2.36. The van der Waals surface area contributed by atoms with Gasteiger partial charge in [0, 0.05) is 18.0 Å². The summed E-state index contributed by atoms with van der Waals surface area (Å²) in [5.41, 5.74) is -0.122. The van der Waals surface area contributed by atoms with Crippen LogP contribution in [-0.2, 0) is 9.59 Å². The number of hydrogen-bond donors (Lipinski definition) is 2. The van der Waals surface area contributed by atoms with Crippen LogP contribution in [0.2, 0.25) is 0 Å². The first-order valence-electron chi connectivity index (χ1n) is 6.70. The Morgan fingerprint density at radius 1 is 1.50 bits per heavy atom. The molecule has 1 aliphatic heterocycles. The Labute approximate surface area is 108 Å². The summed E-state index contributed by atoms with van der Waals surface area (Å²) in [7, 11) is 0. The van der Waals surface area contributed by atoms with Gasteiger partial charge in [-0.3, -0.25) is 9.59 Å². The maximum absolute atomic E-state index is 12.5. The van der Waals surface area contributed by atoms with Crippen molar-refractivity contribution in [1.82, 2.24) is 10.2 Å². The van der Waals surface area contributed by atoms with Gasteiger partial charge in [-0.2, -0.15) is 0 Å². The monoisotopic (exact) mass is 254 g/mol. The number of nitrogens with zero attached hydrogens (tertiary/aromatic N) is 1. The fourth-order valence-corrected chi connectivity index (χ4v) is 2.73. The maximum Gasteiger partial charge on any atom is 0.303 e. The molecule has 2 N–H and O–H groups in total. The summed E-state index contributed by atoms with van der Waals surface area (Å²) in [6.45, 7) is 4.97. The van der Waals surface area contributed by atoms with Crippen LogP contribution in [0.5, 0.6) is 0 Å². The first kappa shape index (κ1) is 13.3. The fraction of sp³-hybridized carbons (Fsp3) is 0.846. The predicted octanol–water partition coefficient (Wildman–Crippen LogP) is 0.983. The second-order valence-corrected chi connectivity index (χ2v) is 5.94. The van der Waals surface area contributed by atoms with E-state index in [0.29, 0.717) is 12.5 Å². The van der Waals surface area contributed by atoms with Gasteiger partial charge in [-0.15, -0.1) is 0 Å². The lowest BCUT2D eigenvalue weighted by atomic mass is 9.98. The average Bonchev–Trinajstić information content (AvgIpc) is 3.05. The minimum Gasteiger partial charge on any atom is -0.481 e. The van der Waals surface area contributed by atoms with Crippen molar-refractivity contribution in [2.75, 3.05) is 6.54 Å². The highest BCUT2D eigenvalue weighted by molar-refractivity contribution is 5.84. The highest BCUT2D eigenvalue weighted by Gasteiger charge is 2.45. The van der Waals surface area contributed by atoms with E-state index < -0.39 is 5.97 Å². The summed E-state index contributed by atoms with van der Waals surface area (Å²) in [4.78, 5) is 25.2. The molecule has 102 valence electrons. The van der Waals surface area contributed by atoms with Crippen LogP contribution in [-0.4, -0.2) is 46.1 Å². The lowest BCUT2D eigenvalue weighted by Gasteiger charge is -2.38. The van der Waals surface area contributed by atoms with E-state index in [1.54, 1.807) is 0 Å². The van der Waals surface area contributed by atoms with Gasteiger partial charge in [-0.1, -0.05) is 0 Å². The molecule has 1 aliphatic carbocycles. The van der Waals surface area contributed by atoms with E-state index >= 15 is 0 Å². The molecule has 5 nitrogen and oxygen atoms in total. The van der Waals surface area contributed by atoms with E-state index in [4.69, 9.17) is 5.11 Å². The Kier molecular flexibility index (Phi) is 3.61. The summed E-state index contributed by atoms with van der Waals surface area (Å²) in [5, 5.41) is 11.9. The van der Waals surface area contributed by atoms with Gasteiger partial charge < -0.3 is 15.3 Å². The Balaban J connectivity index is 2.09. The molecular formula is C13H22N2O3. The van der Waals surface area contributed by atoms with E-state index in [1.807, 2.05) is 4.90 Å². The number of carbonyl (C=O) groups excluding carboxylic acids is 1. The Bertz CT molecular complexity index is 350. The summed E-state index contributed by atoms with van der Waals surface area (Å²) >= 11 is 0. The van der Waals surface area contributed by atoms with Gasteiger partial charge >= 0.3 is 5.97 Å². The molecule has 1 atom stereocenters. The van der Waals surface area contributed by atoms with Crippen molar-refractivity contribution >= 4 is 11.9 Å². The van der Waals surface area contributed by atoms with E-state index in [9.17, 15) is 9.59 Å². The van der Waals surface area contributed by atoms with Gasteiger partial charge in [-0.05, 0) is 46.1 Å². The molecular weight excluding hydrogens is 232 g/mol. The van der Waals surface area contributed by atoms with Gasteiger partial charge in [0.15, 0.2) is 0 Å². The molecule has 0 bridgehead atoms. The molecule has 2 rings (SSSR count). The zero-order valence-electron chi connectivity index (χ0n) is 11.1. The predicted molar refractivity (Wildman–Crippen MR) is 67.2 cm³/mol. The lowest BCUT2D eigenvalue weighted by Crippen LogP contribution is -2.52. The summed E-state index contributed by atoms with van der Waals surface area (Å²) in [6.07, 6.45) is 3.51. The maximum atomic E-state index is 12.5. The molecule has 1 saturated heterocycles. The molecule has 0 spiro atoms.